The molecule has 0 aromatic heterocycles. The van der Waals surface area contributed by atoms with Gasteiger partial charge in [-0.3, -0.25) is 9.69 Å². The number of aliphatic hydroxyl groups is 5. The first kappa shape index (κ1) is 45.4. The topological polar surface area (TPSA) is 203 Å². The molecule has 0 saturated carbocycles. The molecule has 0 radical (unpaired) electrons. The number of hydrogen-bond acceptors (Lipinski definition) is 14. The van der Waals surface area contributed by atoms with Crippen molar-refractivity contribution in [2.24, 2.45) is 23.5 Å². The van der Waals surface area contributed by atoms with Gasteiger partial charge >= 0.3 is 5.97 Å². The third-order valence-electron chi connectivity index (χ3n) is 12.0. The zero-order valence-corrected chi connectivity index (χ0v) is 33.6. The Labute approximate surface area is 311 Å². The van der Waals surface area contributed by atoms with E-state index in [0.717, 1.165) is 0 Å². The van der Waals surface area contributed by atoms with Gasteiger partial charge in [0.1, 0.15) is 30.0 Å². The van der Waals surface area contributed by atoms with Crippen LogP contribution in [-0.2, 0) is 33.2 Å². The van der Waals surface area contributed by atoms with E-state index in [9.17, 15) is 30.3 Å². The molecule has 17 atom stereocenters. The average Bonchev–Trinajstić information content (AvgIpc) is 3.08. The Kier molecular flexibility index (Phi) is 16.4. The van der Waals surface area contributed by atoms with Crippen molar-refractivity contribution in [3.8, 4) is 0 Å². The van der Waals surface area contributed by atoms with Crippen molar-refractivity contribution in [3.63, 3.8) is 0 Å². The smallest absolute Gasteiger partial charge is 0.311 e. The minimum atomic E-state index is -1.82. The maximum Gasteiger partial charge on any atom is 0.311 e. The summed E-state index contributed by atoms with van der Waals surface area (Å²) < 4.78 is 37.3. The summed E-state index contributed by atoms with van der Waals surface area (Å²) in [6.07, 6.45) is -6.81. The van der Waals surface area contributed by atoms with E-state index < -0.39 is 96.0 Å². The number of rotatable bonds is 9. The number of hydrogen-bond donors (Lipinski definition) is 6. The van der Waals surface area contributed by atoms with Crippen LogP contribution in [0, 0.1) is 17.8 Å². The summed E-state index contributed by atoms with van der Waals surface area (Å²) in [6, 6.07) is -0.561. The first-order valence-electron chi connectivity index (χ1n) is 19.4. The summed E-state index contributed by atoms with van der Waals surface area (Å²) in [5.41, 5.74) is 1.50. The molecule has 0 aliphatic carbocycles. The Morgan fingerprint density at radius 1 is 0.942 bits per heavy atom. The first-order valence-corrected chi connectivity index (χ1v) is 19.4. The summed E-state index contributed by atoms with van der Waals surface area (Å²) in [6.45, 7) is 19.0. The van der Waals surface area contributed by atoms with E-state index in [0.29, 0.717) is 38.9 Å². The van der Waals surface area contributed by atoms with Crippen LogP contribution >= 0.6 is 0 Å². The zero-order chi connectivity index (χ0) is 39.3. The molecule has 7 N–H and O–H groups in total. The molecule has 14 heteroatoms. The van der Waals surface area contributed by atoms with E-state index in [1.807, 2.05) is 32.6 Å². The minimum absolute atomic E-state index is 0.135. The molecule has 3 heterocycles. The van der Waals surface area contributed by atoms with Crippen LogP contribution in [-0.4, -0.2) is 147 Å². The van der Waals surface area contributed by atoms with Crippen LogP contribution in [0.15, 0.2) is 0 Å². The monoisotopic (exact) mass is 749 g/mol. The molecule has 3 fully saturated rings. The number of ether oxygens (including phenoxy) is 6. The van der Waals surface area contributed by atoms with Crippen LogP contribution in [0.4, 0.5) is 0 Å². The van der Waals surface area contributed by atoms with Gasteiger partial charge in [-0.15, -0.1) is 0 Å². The van der Waals surface area contributed by atoms with Gasteiger partial charge in [0.15, 0.2) is 12.6 Å². The molecule has 3 saturated heterocycles. The minimum Gasteiger partial charge on any atom is -0.459 e. The molecule has 52 heavy (non-hydrogen) atoms. The third-order valence-corrected chi connectivity index (χ3v) is 12.0. The van der Waals surface area contributed by atoms with Crippen LogP contribution in [0.2, 0.25) is 0 Å². The van der Waals surface area contributed by atoms with E-state index in [2.05, 4.69) is 0 Å². The van der Waals surface area contributed by atoms with Crippen molar-refractivity contribution < 1.29 is 58.7 Å². The Balaban J connectivity index is 2.17. The van der Waals surface area contributed by atoms with Crippen LogP contribution in [0.5, 0.6) is 0 Å². The molecule has 3 aliphatic rings. The average molecular weight is 749 g/mol. The van der Waals surface area contributed by atoms with Gasteiger partial charge < -0.3 is 59.7 Å². The lowest BCUT2D eigenvalue weighted by Gasteiger charge is -2.48. The molecule has 0 amide bonds. The molecule has 0 aromatic carbocycles. The number of nitrogens with zero attached hydrogens (tertiary/aromatic N) is 1. The molecular weight excluding hydrogens is 676 g/mol. The number of cyclic esters (lactones) is 1. The van der Waals surface area contributed by atoms with Crippen molar-refractivity contribution in [3.05, 3.63) is 0 Å². The number of aliphatic hydroxyl groups excluding tert-OH is 3. The molecule has 0 unspecified atom stereocenters. The van der Waals surface area contributed by atoms with Gasteiger partial charge in [0.25, 0.3) is 0 Å². The van der Waals surface area contributed by atoms with E-state index in [1.54, 1.807) is 34.6 Å². The lowest BCUT2D eigenvalue weighted by molar-refractivity contribution is -0.314. The van der Waals surface area contributed by atoms with E-state index in [1.165, 1.54) is 14.0 Å². The second kappa shape index (κ2) is 18.8. The lowest BCUT2D eigenvalue weighted by atomic mass is 9.77. The molecule has 306 valence electrons. The molecule has 3 rings (SSSR count). The fourth-order valence-electron chi connectivity index (χ4n) is 8.59. The number of carbonyl (C=O) groups excluding carboxylic acids is 1. The molecule has 0 spiro atoms. The third kappa shape index (κ3) is 10.6. The van der Waals surface area contributed by atoms with E-state index in [-0.39, 0.29) is 31.3 Å². The van der Waals surface area contributed by atoms with Gasteiger partial charge in [0.2, 0.25) is 0 Å². The Morgan fingerprint density at radius 2 is 1.60 bits per heavy atom. The van der Waals surface area contributed by atoms with Crippen molar-refractivity contribution in [1.82, 2.24) is 4.90 Å². The highest BCUT2D eigenvalue weighted by atomic mass is 16.7. The quantitative estimate of drug-likeness (QED) is 0.187. The summed E-state index contributed by atoms with van der Waals surface area (Å²) in [4.78, 5) is 16.3. The van der Waals surface area contributed by atoms with Gasteiger partial charge in [-0.05, 0) is 99.6 Å². The maximum absolute atomic E-state index is 14.2. The summed E-state index contributed by atoms with van der Waals surface area (Å²) in [5, 5.41) is 58.0. The predicted octanol–water partition coefficient (Wildman–Crippen LogP) is 2.08. The van der Waals surface area contributed by atoms with E-state index in [4.69, 9.17) is 34.2 Å². The van der Waals surface area contributed by atoms with Gasteiger partial charge in [0, 0.05) is 32.0 Å². The number of nitrogens with two attached hydrogens (primary N) is 1. The fourth-order valence-corrected chi connectivity index (χ4v) is 8.59. The largest absolute Gasteiger partial charge is 0.459 e. The van der Waals surface area contributed by atoms with Crippen LogP contribution in [0.1, 0.15) is 108 Å². The van der Waals surface area contributed by atoms with Crippen LogP contribution in [0.25, 0.3) is 0 Å². The molecule has 14 nitrogen and oxygen atoms in total. The van der Waals surface area contributed by atoms with Gasteiger partial charge in [-0.1, -0.05) is 20.8 Å². The second-order valence-corrected chi connectivity index (χ2v) is 16.8. The molecular formula is C38H72N2O12. The molecule has 0 bridgehead atoms. The van der Waals surface area contributed by atoms with Crippen LogP contribution < -0.4 is 5.73 Å². The zero-order valence-electron chi connectivity index (χ0n) is 33.6. The summed E-state index contributed by atoms with van der Waals surface area (Å²) in [7, 11) is 1.51. The fraction of sp³-hybridized carbons (Fsp3) is 0.974. The van der Waals surface area contributed by atoms with Crippen molar-refractivity contribution in [2.45, 2.75) is 192 Å². The van der Waals surface area contributed by atoms with Gasteiger partial charge in [-0.25, -0.2) is 0 Å². The Morgan fingerprint density at radius 3 is 2.19 bits per heavy atom. The highest BCUT2D eigenvalue weighted by Gasteiger charge is 2.52. The predicted molar refractivity (Wildman–Crippen MR) is 194 cm³/mol. The first-order chi connectivity index (χ1) is 24.1. The Bertz CT molecular complexity index is 1110. The van der Waals surface area contributed by atoms with Crippen LogP contribution in [0.3, 0.4) is 0 Å². The highest BCUT2D eigenvalue weighted by molar-refractivity contribution is 5.73. The van der Waals surface area contributed by atoms with Gasteiger partial charge in [0.05, 0.1) is 41.5 Å². The normalized spacial score (nSPS) is 48.1. The summed E-state index contributed by atoms with van der Waals surface area (Å²) >= 11 is 0. The number of carbonyl (C=O) groups is 1. The lowest BCUT2D eigenvalue weighted by Crippen LogP contribution is -2.60. The Hall–Kier alpha value is -1.01. The highest BCUT2D eigenvalue weighted by Crippen LogP contribution is 2.40. The number of esters is 1. The maximum atomic E-state index is 14.2. The van der Waals surface area contributed by atoms with Gasteiger partial charge in [-0.2, -0.15) is 0 Å². The molecule has 3 aliphatic heterocycles. The van der Waals surface area contributed by atoms with Crippen molar-refractivity contribution >= 4 is 5.97 Å². The van der Waals surface area contributed by atoms with Crippen molar-refractivity contribution in [2.75, 3.05) is 26.7 Å². The summed E-state index contributed by atoms with van der Waals surface area (Å²) in [5.74, 6) is -2.59. The SMILES string of the molecule is CC[C@H]1OC(=O)[C@H](C)[C@@H](O[C@H]2C[C@@](C)(OC)[C@@H](O)[C@H](C)O2)[C@H](C)[C@@H](O[C@@H]2O[C@H](C)CC[C@H]2O)[C@](C)(O)C[C@@H](C)CN(CCCN)[C@H](C)[C@@H](O)[C@]1(C)O. The van der Waals surface area contributed by atoms with Crippen molar-refractivity contribution in [1.29, 1.82) is 0 Å². The number of methoxy groups -OCH3 is 1. The standard InChI is InChI=1S/C38H72N2O12/c1-12-28-38(10,46)31(42)25(6)40(17-13-16-39)20-21(2)18-36(8,45)33(52-35-27(41)15-14-22(3)48-35)23(4)30(24(5)34(44)50-28)51-29-19-37(9,47-11)32(43)26(7)49-29/h21-33,35,41-43,45-46H,12-20,39H2,1-11H3/t21-,22-,23+,24-,25-,26+,27-,28-,29+,30+,31-,32+,33-,35+,36-,37-,38-/m1/s1. The van der Waals surface area contributed by atoms with E-state index >= 15 is 0 Å². The second-order valence-electron chi connectivity index (χ2n) is 16.8. The molecule has 0 aromatic rings.